The smallest absolute Gasteiger partial charge is 0.251 e. The molecule has 1 N–H and O–H groups in total. The zero-order valence-electron chi connectivity index (χ0n) is 17.6. The fraction of sp³-hybridized carbons (Fsp3) is 0.364. The fourth-order valence-corrected chi connectivity index (χ4v) is 3.48. The van der Waals surface area contributed by atoms with Crippen LogP contribution in [-0.4, -0.2) is 53.3 Å². The molecule has 0 aliphatic carbocycles. The van der Waals surface area contributed by atoms with Crippen molar-refractivity contribution < 1.29 is 28.5 Å². The Morgan fingerprint density at radius 1 is 1.00 bits per heavy atom. The molecule has 30 heavy (non-hydrogen) atoms. The molecule has 0 radical (unpaired) electrons. The van der Waals surface area contributed by atoms with Crippen molar-refractivity contribution in [1.29, 1.82) is 0 Å². The molecular formula is C22H26N2O6. The molecule has 1 aliphatic heterocycles. The number of carbonyl (C=O) groups excluding carboxylic acids is 2. The normalized spacial score (nSPS) is 15.7. The van der Waals surface area contributed by atoms with Gasteiger partial charge in [0, 0.05) is 36.7 Å². The summed E-state index contributed by atoms with van der Waals surface area (Å²) in [5.41, 5.74) is 1.21. The van der Waals surface area contributed by atoms with E-state index >= 15 is 0 Å². The number of methoxy groups -OCH3 is 4. The largest absolute Gasteiger partial charge is 0.497 e. The van der Waals surface area contributed by atoms with E-state index in [1.165, 1.54) is 21.3 Å². The average Bonchev–Trinajstić information content (AvgIpc) is 3.16. The number of amides is 2. The molecule has 3 rings (SSSR count). The molecule has 1 heterocycles. The van der Waals surface area contributed by atoms with Crippen LogP contribution in [0, 0.1) is 5.92 Å². The van der Waals surface area contributed by atoms with Gasteiger partial charge in [-0.05, 0) is 36.4 Å². The highest BCUT2D eigenvalue weighted by molar-refractivity contribution is 5.97. The van der Waals surface area contributed by atoms with Crippen molar-refractivity contribution in [1.82, 2.24) is 5.32 Å². The van der Waals surface area contributed by atoms with E-state index < -0.39 is 0 Å². The number of nitrogens with zero attached hydrogens (tertiary/aromatic N) is 1. The summed E-state index contributed by atoms with van der Waals surface area (Å²) in [7, 11) is 6.10. The topological polar surface area (TPSA) is 86.3 Å². The number of nitrogens with one attached hydrogen (secondary N) is 1. The highest BCUT2D eigenvalue weighted by atomic mass is 16.5. The molecule has 2 aromatic carbocycles. The zero-order valence-corrected chi connectivity index (χ0v) is 17.6. The highest BCUT2D eigenvalue weighted by Gasteiger charge is 2.31. The fourth-order valence-electron chi connectivity index (χ4n) is 3.48. The lowest BCUT2D eigenvalue weighted by molar-refractivity contribution is -0.117. The van der Waals surface area contributed by atoms with E-state index in [-0.39, 0.29) is 17.7 Å². The van der Waals surface area contributed by atoms with E-state index in [0.717, 1.165) is 11.4 Å². The lowest BCUT2D eigenvalue weighted by atomic mass is 10.1. The minimum absolute atomic E-state index is 0.0191. The van der Waals surface area contributed by atoms with Gasteiger partial charge in [-0.15, -0.1) is 0 Å². The van der Waals surface area contributed by atoms with Gasteiger partial charge in [0.2, 0.25) is 11.7 Å². The van der Waals surface area contributed by atoms with Crippen LogP contribution in [0.15, 0.2) is 36.4 Å². The maximum absolute atomic E-state index is 12.7. The maximum atomic E-state index is 12.7. The van der Waals surface area contributed by atoms with E-state index in [4.69, 9.17) is 18.9 Å². The van der Waals surface area contributed by atoms with Gasteiger partial charge in [-0.3, -0.25) is 9.59 Å². The van der Waals surface area contributed by atoms with Gasteiger partial charge in [0.05, 0.1) is 28.4 Å². The van der Waals surface area contributed by atoms with Crippen LogP contribution in [-0.2, 0) is 4.79 Å². The molecule has 1 atom stereocenters. The van der Waals surface area contributed by atoms with E-state index in [9.17, 15) is 9.59 Å². The van der Waals surface area contributed by atoms with Crippen molar-refractivity contribution in [3.63, 3.8) is 0 Å². The van der Waals surface area contributed by atoms with Gasteiger partial charge in [-0.1, -0.05) is 0 Å². The summed E-state index contributed by atoms with van der Waals surface area (Å²) >= 11 is 0. The van der Waals surface area contributed by atoms with Gasteiger partial charge >= 0.3 is 0 Å². The maximum Gasteiger partial charge on any atom is 0.251 e. The predicted molar refractivity (Wildman–Crippen MR) is 112 cm³/mol. The first-order valence-corrected chi connectivity index (χ1v) is 9.53. The molecule has 0 aromatic heterocycles. The lowest BCUT2D eigenvalue weighted by Gasteiger charge is -2.17. The molecule has 1 saturated heterocycles. The number of hydrogen-bond donors (Lipinski definition) is 1. The summed E-state index contributed by atoms with van der Waals surface area (Å²) in [6, 6.07) is 10.5. The standard InChI is InChI=1S/C22H26N2O6/c1-27-17-7-5-16(6-8-17)24-13-14(9-20(24)25)12-23-22(26)15-10-18(28-2)21(30-4)19(11-15)29-3/h5-8,10-11,14H,9,12-13H2,1-4H3,(H,23,26). The van der Waals surface area contributed by atoms with Crippen LogP contribution in [0.2, 0.25) is 0 Å². The number of carbonyl (C=O) groups is 2. The quantitative estimate of drug-likeness (QED) is 0.714. The molecule has 0 saturated carbocycles. The molecule has 0 bridgehead atoms. The third-order valence-electron chi connectivity index (χ3n) is 5.07. The second kappa shape index (κ2) is 9.39. The van der Waals surface area contributed by atoms with E-state index in [2.05, 4.69) is 5.32 Å². The van der Waals surface area contributed by atoms with Gasteiger partial charge in [0.15, 0.2) is 11.5 Å². The monoisotopic (exact) mass is 414 g/mol. The number of hydrogen-bond acceptors (Lipinski definition) is 6. The van der Waals surface area contributed by atoms with Gasteiger partial charge in [-0.25, -0.2) is 0 Å². The zero-order chi connectivity index (χ0) is 21.7. The first-order valence-electron chi connectivity index (χ1n) is 9.53. The molecule has 8 heteroatoms. The van der Waals surface area contributed by atoms with E-state index in [1.54, 1.807) is 24.1 Å². The SMILES string of the molecule is COc1ccc(N2CC(CNC(=O)c3cc(OC)c(OC)c(OC)c3)CC2=O)cc1. The molecular weight excluding hydrogens is 388 g/mol. The second-order valence-electron chi connectivity index (χ2n) is 6.90. The molecule has 1 aliphatic rings. The molecule has 2 aromatic rings. The van der Waals surface area contributed by atoms with Crippen molar-refractivity contribution in [2.45, 2.75) is 6.42 Å². The Morgan fingerprint density at radius 2 is 1.63 bits per heavy atom. The van der Waals surface area contributed by atoms with Gasteiger partial charge < -0.3 is 29.2 Å². The summed E-state index contributed by atoms with van der Waals surface area (Å²) < 4.78 is 21.0. The Balaban J connectivity index is 1.64. The van der Waals surface area contributed by atoms with E-state index in [1.807, 2.05) is 24.3 Å². The highest BCUT2D eigenvalue weighted by Crippen LogP contribution is 2.38. The van der Waals surface area contributed by atoms with Crippen LogP contribution >= 0.6 is 0 Å². The van der Waals surface area contributed by atoms with Crippen molar-refractivity contribution in [3.05, 3.63) is 42.0 Å². The minimum Gasteiger partial charge on any atom is -0.497 e. The minimum atomic E-state index is -0.274. The Kier molecular flexibility index (Phi) is 6.66. The average molecular weight is 414 g/mol. The summed E-state index contributed by atoms with van der Waals surface area (Å²) in [5.74, 6) is 1.75. The molecule has 0 spiro atoms. The molecule has 8 nitrogen and oxygen atoms in total. The number of benzene rings is 2. The Labute approximate surface area is 175 Å². The first-order chi connectivity index (χ1) is 14.5. The van der Waals surface area contributed by atoms with Gasteiger partial charge in [0.1, 0.15) is 5.75 Å². The van der Waals surface area contributed by atoms with Crippen LogP contribution in [0.3, 0.4) is 0 Å². The Hall–Kier alpha value is -3.42. The summed E-state index contributed by atoms with van der Waals surface area (Å²) in [6.07, 6.45) is 0.377. The second-order valence-corrected chi connectivity index (χ2v) is 6.90. The van der Waals surface area contributed by atoms with Crippen molar-refractivity contribution in [2.75, 3.05) is 46.4 Å². The predicted octanol–water partition coefficient (Wildman–Crippen LogP) is 2.50. The number of rotatable bonds is 8. The van der Waals surface area contributed by atoms with Crippen LogP contribution in [0.5, 0.6) is 23.0 Å². The Bertz CT molecular complexity index is 887. The third-order valence-corrected chi connectivity index (χ3v) is 5.07. The number of anilines is 1. The Morgan fingerprint density at radius 3 is 2.17 bits per heavy atom. The third kappa shape index (κ3) is 4.42. The van der Waals surface area contributed by atoms with E-state index in [0.29, 0.717) is 42.3 Å². The van der Waals surface area contributed by atoms with Crippen LogP contribution < -0.4 is 29.2 Å². The van der Waals surface area contributed by atoms with Crippen LogP contribution in [0.1, 0.15) is 16.8 Å². The van der Waals surface area contributed by atoms with Crippen LogP contribution in [0.25, 0.3) is 0 Å². The van der Waals surface area contributed by atoms with Gasteiger partial charge in [0.25, 0.3) is 5.91 Å². The number of ether oxygens (including phenoxy) is 4. The summed E-state index contributed by atoms with van der Waals surface area (Å²) in [4.78, 5) is 26.8. The van der Waals surface area contributed by atoms with Crippen molar-refractivity contribution in [2.24, 2.45) is 5.92 Å². The van der Waals surface area contributed by atoms with Gasteiger partial charge in [-0.2, -0.15) is 0 Å². The molecule has 1 unspecified atom stereocenters. The molecule has 1 fully saturated rings. The van der Waals surface area contributed by atoms with Crippen molar-refractivity contribution in [3.8, 4) is 23.0 Å². The molecule has 160 valence electrons. The summed E-state index contributed by atoms with van der Waals surface area (Å²) in [6.45, 7) is 0.925. The lowest BCUT2D eigenvalue weighted by Crippen LogP contribution is -2.31. The van der Waals surface area contributed by atoms with Crippen molar-refractivity contribution >= 4 is 17.5 Å². The first kappa shape index (κ1) is 21.3. The van der Waals surface area contributed by atoms with Crippen LogP contribution in [0.4, 0.5) is 5.69 Å². The summed E-state index contributed by atoms with van der Waals surface area (Å²) in [5, 5.41) is 2.90. The molecule has 2 amide bonds.